The van der Waals surface area contributed by atoms with Crippen molar-refractivity contribution in [2.45, 2.75) is 52.0 Å². The van der Waals surface area contributed by atoms with E-state index in [4.69, 9.17) is 9.93 Å². The highest BCUT2D eigenvalue weighted by Gasteiger charge is 2.26. The van der Waals surface area contributed by atoms with E-state index >= 15 is 0 Å². The molecule has 1 fully saturated rings. The summed E-state index contributed by atoms with van der Waals surface area (Å²) in [6.45, 7) is 7.85. The summed E-state index contributed by atoms with van der Waals surface area (Å²) in [4.78, 5) is 40.9. The van der Waals surface area contributed by atoms with Gasteiger partial charge in [0.2, 0.25) is 5.91 Å². The summed E-state index contributed by atoms with van der Waals surface area (Å²) in [7, 11) is 1.60. The molecule has 0 aliphatic carbocycles. The number of imidazole rings is 1. The Morgan fingerprint density at radius 1 is 1.26 bits per heavy atom. The summed E-state index contributed by atoms with van der Waals surface area (Å²) < 4.78 is 5.45. The molecule has 0 unspecified atom stereocenters. The number of carbonyl (C=O) groups is 2. The molecule has 1 saturated heterocycles. The molecule has 0 saturated carbocycles. The number of amides is 2. The lowest BCUT2D eigenvalue weighted by Gasteiger charge is -2.21. The highest BCUT2D eigenvalue weighted by Crippen LogP contribution is 2.24. The second kappa shape index (κ2) is 8.69. The van der Waals surface area contributed by atoms with E-state index in [9.17, 15) is 9.59 Å². The summed E-state index contributed by atoms with van der Waals surface area (Å²) in [6, 6.07) is 1.18. The van der Waals surface area contributed by atoms with Crippen LogP contribution in [-0.4, -0.2) is 49.8 Å². The van der Waals surface area contributed by atoms with Crippen molar-refractivity contribution in [3.8, 4) is 11.5 Å². The van der Waals surface area contributed by atoms with Crippen molar-refractivity contribution >= 4 is 28.8 Å². The Bertz CT molecular complexity index is 1310. The summed E-state index contributed by atoms with van der Waals surface area (Å²) in [6.07, 6.45) is 2.22. The average Bonchev–Trinajstić information content (AvgIpc) is 3.41. The van der Waals surface area contributed by atoms with Gasteiger partial charge < -0.3 is 25.5 Å². The van der Waals surface area contributed by atoms with E-state index in [2.05, 4.69) is 41.0 Å². The van der Waals surface area contributed by atoms with E-state index in [1.165, 1.54) is 0 Å². The van der Waals surface area contributed by atoms with E-state index in [1.54, 1.807) is 26.2 Å². The third-order valence-electron chi connectivity index (χ3n) is 5.40. The molecule has 5 N–H and O–H groups in total. The Labute approximate surface area is 195 Å². The van der Waals surface area contributed by atoms with Crippen LogP contribution in [0.15, 0.2) is 28.1 Å². The van der Waals surface area contributed by atoms with Crippen LogP contribution >= 0.6 is 0 Å². The number of H-pyrrole nitrogens is 1. The van der Waals surface area contributed by atoms with Crippen LogP contribution in [0.2, 0.25) is 0 Å². The van der Waals surface area contributed by atoms with Gasteiger partial charge >= 0.3 is 0 Å². The van der Waals surface area contributed by atoms with E-state index in [1.807, 2.05) is 20.8 Å². The largest absolute Gasteiger partial charge is 0.383 e. The fraction of sp³-hybridized carbons (Fsp3) is 0.409. The third-order valence-corrected chi connectivity index (χ3v) is 5.40. The van der Waals surface area contributed by atoms with Gasteiger partial charge in [-0.05, 0) is 13.3 Å². The maximum absolute atomic E-state index is 12.9. The lowest BCUT2D eigenvalue weighted by atomic mass is 9.96. The molecule has 1 aliphatic heterocycles. The van der Waals surface area contributed by atoms with Gasteiger partial charge in [-0.2, -0.15) is 0 Å². The molecule has 1 aliphatic rings. The van der Waals surface area contributed by atoms with Crippen molar-refractivity contribution in [3.63, 3.8) is 0 Å². The van der Waals surface area contributed by atoms with Crippen LogP contribution in [0.3, 0.4) is 0 Å². The number of carbonyl (C=O) groups excluding carboxylic acids is 2. The molecule has 0 bridgehead atoms. The van der Waals surface area contributed by atoms with Crippen LogP contribution in [0.4, 0.5) is 0 Å². The predicted octanol–water partition coefficient (Wildman–Crippen LogP) is 1.84. The fourth-order valence-electron chi connectivity index (χ4n) is 3.53. The zero-order valence-corrected chi connectivity index (χ0v) is 19.7. The molecule has 3 aromatic heterocycles. The Balaban J connectivity index is 1.52. The normalized spacial score (nSPS) is 16.9. The number of hydrogen-bond donors (Lipinski definition) is 5. The maximum Gasteiger partial charge on any atom is 0.268 e. The molecule has 34 heavy (non-hydrogen) atoms. The number of nitrogens with zero attached hydrogens (tertiary/aromatic N) is 4. The summed E-state index contributed by atoms with van der Waals surface area (Å²) in [5.74, 6) is 0.866. The van der Waals surface area contributed by atoms with Crippen molar-refractivity contribution in [1.29, 1.82) is 5.41 Å². The monoisotopic (exact) mass is 465 g/mol. The summed E-state index contributed by atoms with van der Waals surface area (Å²) in [5, 5.41) is 20.2. The summed E-state index contributed by atoms with van der Waals surface area (Å²) >= 11 is 0. The topological polar surface area (TPSA) is 175 Å². The Hall–Kier alpha value is -4.09. The van der Waals surface area contributed by atoms with Crippen LogP contribution in [0, 0.1) is 5.41 Å². The van der Waals surface area contributed by atoms with E-state index < -0.39 is 11.9 Å². The van der Waals surface area contributed by atoms with Crippen LogP contribution in [0.5, 0.6) is 0 Å². The first-order valence-corrected chi connectivity index (χ1v) is 10.9. The Kier molecular flexibility index (Phi) is 5.90. The molecule has 4 rings (SSSR count). The molecule has 1 atom stereocenters. The van der Waals surface area contributed by atoms with E-state index in [0.29, 0.717) is 46.3 Å². The van der Waals surface area contributed by atoms with Crippen molar-refractivity contribution in [2.24, 2.45) is 0 Å². The molecule has 12 heteroatoms. The molecule has 0 spiro atoms. The van der Waals surface area contributed by atoms with Gasteiger partial charge in [0.15, 0.2) is 17.2 Å². The zero-order valence-electron chi connectivity index (χ0n) is 19.7. The first kappa shape index (κ1) is 23.1. The number of likely N-dealkylation sites (N-methyl/N-ethyl adjacent to an activating group) is 1. The smallest absolute Gasteiger partial charge is 0.268 e. The standard InChI is InChI=1S/C22H27N9O3/c1-10(26-20(33)16(24-5)11-6-7-15(32)28-17(11)23)14-8-12(31-34-14)18-27-13-9-25-21(22(2,3)4)30-19(13)29-18/h8-10,24H,6-7H2,1-5H3,(H,26,33)(H2,23,28,32)(H,25,27,29,30)/b16-11-/t10-/m1/s1. The van der Waals surface area contributed by atoms with Gasteiger partial charge in [0.05, 0.1) is 12.2 Å². The van der Waals surface area contributed by atoms with Crippen molar-refractivity contribution in [3.05, 3.63) is 35.1 Å². The first-order valence-electron chi connectivity index (χ1n) is 10.9. The average molecular weight is 466 g/mol. The van der Waals surface area contributed by atoms with Gasteiger partial charge in [-0.1, -0.05) is 25.9 Å². The lowest BCUT2D eigenvalue weighted by Crippen LogP contribution is -2.40. The fourth-order valence-corrected chi connectivity index (χ4v) is 3.53. The number of aromatic amines is 1. The molecular weight excluding hydrogens is 438 g/mol. The lowest BCUT2D eigenvalue weighted by molar-refractivity contribution is -0.120. The highest BCUT2D eigenvalue weighted by molar-refractivity contribution is 6.12. The highest BCUT2D eigenvalue weighted by atomic mass is 16.5. The van der Waals surface area contributed by atoms with Gasteiger partial charge in [0.1, 0.15) is 28.6 Å². The molecule has 3 aromatic rings. The van der Waals surface area contributed by atoms with Crippen LogP contribution in [0.1, 0.15) is 58.2 Å². The minimum atomic E-state index is -0.512. The van der Waals surface area contributed by atoms with Crippen molar-refractivity contribution in [2.75, 3.05) is 7.05 Å². The van der Waals surface area contributed by atoms with Gasteiger partial charge in [-0.3, -0.25) is 15.0 Å². The van der Waals surface area contributed by atoms with Crippen LogP contribution in [0.25, 0.3) is 22.7 Å². The minimum Gasteiger partial charge on any atom is -0.383 e. The summed E-state index contributed by atoms with van der Waals surface area (Å²) in [5.41, 5.74) is 2.15. The number of hydrogen-bond acceptors (Lipinski definition) is 9. The van der Waals surface area contributed by atoms with Gasteiger partial charge in [-0.25, -0.2) is 15.0 Å². The van der Waals surface area contributed by atoms with Gasteiger partial charge in [-0.15, -0.1) is 0 Å². The van der Waals surface area contributed by atoms with Gasteiger partial charge in [0.25, 0.3) is 5.91 Å². The number of nitrogens with one attached hydrogen (secondary N) is 5. The van der Waals surface area contributed by atoms with Gasteiger partial charge in [0, 0.05) is 30.5 Å². The quantitative estimate of drug-likeness (QED) is 0.355. The molecule has 4 heterocycles. The van der Waals surface area contributed by atoms with E-state index in [0.717, 1.165) is 0 Å². The van der Waals surface area contributed by atoms with Crippen LogP contribution in [-0.2, 0) is 15.0 Å². The van der Waals surface area contributed by atoms with Crippen molar-refractivity contribution in [1.82, 2.24) is 41.0 Å². The Morgan fingerprint density at radius 2 is 2.03 bits per heavy atom. The zero-order chi connectivity index (χ0) is 24.6. The molecule has 0 aromatic carbocycles. The molecule has 12 nitrogen and oxygen atoms in total. The molecular formula is C22H27N9O3. The minimum absolute atomic E-state index is 0.0760. The maximum atomic E-state index is 12.9. The Morgan fingerprint density at radius 3 is 2.71 bits per heavy atom. The number of fused-ring (bicyclic) bond motifs is 1. The second-order valence-electron chi connectivity index (χ2n) is 9.10. The predicted molar refractivity (Wildman–Crippen MR) is 124 cm³/mol. The number of aromatic nitrogens is 5. The first-order chi connectivity index (χ1) is 16.1. The third kappa shape index (κ3) is 4.51. The number of piperidine rings is 1. The molecule has 0 radical (unpaired) electrons. The SMILES string of the molecule is CN/C(C(=O)N[C@H](C)c1cc(-c2nc3nc(C(C)(C)C)ncc3[nH]2)no1)=C1/CCC(=O)NC1=N. The van der Waals surface area contributed by atoms with Crippen molar-refractivity contribution < 1.29 is 14.1 Å². The van der Waals surface area contributed by atoms with Crippen LogP contribution < -0.4 is 16.0 Å². The number of rotatable bonds is 5. The van der Waals surface area contributed by atoms with E-state index in [-0.39, 0.29) is 29.3 Å². The molecule has 2 amide bonds. The molecule has 178 valence electrons. The number of amidine groups is 1. The second-order valence-corrected chi connectivity index (χ2v) is 9.10.